The summed E-state index contributed by atoms with van der Waals surface area (Å²) in [5.41, 5.74) is 0. The highest BCUT2D eigenvalue weighted by Crippen LogP contribution is 2.32. The van der Waals surface area contributed by atoms with Gasteiger partial charge in [0.2, 0.25) is 5.82 Å². The fraction of sp³-hybridized carbons (Fsp3) is 0.500. The van der Waals surface area contributed by atoms with Crippen molar-refractivity contribution in [3.05, 3.63) is 22.9 Å². The van der Waals surface area contributed by atoms with Gasteiger partial charge >= 0.3 is 12.1 Å². The molecule has 2 aromatic heterocycles. The van der Waals surface area contributed by atoms with Crippen LogP contribution in [0.5, 0.6) is 0 Å². The zero-order valence-corrected chi connectivity index (χ0v) is 13.9. The molecule has 25 heavy (non-hydrogen) atoms. The molecule has 0 radical (unpaired) electrons. The summed E-state index contributed by atoms with van der Waals surface area (Å²) in [6.07, 6.45) is -4.05. The van der Waals surface area contributed by atoms with Crippen LogP contribution >= 0.6 is 11.3 Å². The highest BCUT2D eigenvalue weighted by atomic mass is 32.1. The lowest BCUT2D eigenvalue weighted by Crippen LogP contribution is -2.35. The predicted octanol–water partition coefficient (Wildman–Crippen LogP) is 2.74. The number of carbonyl (C=O) groups is 1. The van der Waals surface area contributed by atoms with Crippen LogP contribution in [0, 0.1) is 5.92 Å². The summed E-state index contributed by atoms with van der Waals surface area (Å²) < 4.78 is 47.0. The van der Waals surface area contributed by atoms with E-state index in [1.54, 1.807) is 12.1 Å². The van der Waals surface area contributed by atoms with E-state index < -0.39 is 12.1 Å². The van der Waals surface area contributed by atoms with Crippen LogP contribution in [-0.2, 0) is 27.1 Å². The van der Waals surface area contributed by atoms with Crippen LogP contribution in [0.1, 0.15) is 17.2 Å². The fourth-order valence-corrected chi connectivity index (χ4v) is 3.24. The monoisotopic (exact) mass is 377 g/mol. The first-order valence-corrected chi connectivity index (χ1v) is 8.13. The Morgan fingerprint density at radius 2 is 2.28 bits per heavy atom. The smallest absolute Gasteiger partial charge is 0.381 e. The highest BCUT2D eigenvalue weighted by molar-refractivity contribution is 7.15. The molecular formula is C14H14F3N3O4S. The first kappa shape index (κ1) is 17.8. The quantitative estimate of drug-likeness (QED) is 0.746. The Hall–Kier alpha value is -1.98. The van der Waals surface area contributed by atoms with Crippen molar-refractivity contribution in [2.24, 2.45) is 5.92 Å². The van der Waals surface area contributed by atoms with Crippen molar-refractivity contribution in [1.82, 2.24) is 15.2 Å². The molecule has 0 saturated carbocycles. The zero-order chi connectivity index (χ0) is 18.0. The van der Waals surface area contributed by atoms with Gasteiger partial charge in [-0.1, -0.05) is 5.16 Å². The summed E-state index contributed by atoms with van der Waals surface area (Å²) in [6.45, 7) is 1.06. The number of halogens is 3. The molecule has 3 heterocycles. The van der Waals surface area contributed by atoms with Gasteiger partial charge in [0.1, 0.15) is 0 Å². The molecule has 1 fully saturated rings. The van der Waals surface area contributed by atoms with E-state index in [0.717, 1.165) is 11.3 Å². The van der Waals surface area contributed by atoms with Crippen LogP contribution in [0.25, 0.3) is 10.7 Å². The Morgan fingerprint density at radius 1 is 1.48 bits per heavy atom. The molecule has 0 N–H and O–H groups in total. The maximum Gasteiger partial charge on any atom is 0.471 e. The molecule has 1 aliphatic rings. The van der Waals surface area contributed by atoms with E-state index in [1.165, 1.54) is 12.2 Å². The molecule has 7 nitrogen and oxygen atoms in total. The van der Waals surface area contributed by atoms with Crippen LogP contribution in [0.3, 0.4) is 0 Å². The fourth-order valence-electron chi connectivity index (χ4n) is 2.33. The minimum absolute atomic E-state index is 0.150. The lowest BCUT2D eigenvalue weighted by Gasteiger charge is -2.21. The molecule has 3 rings (SSSR count). The standard InChI is InChI=1S/C14H14F3N3O4S/c1-22-20(12(21)8-4-5-23-7-8)6-9-2-3-10(25-9)11-18-13(24-19-11)14(15,16)17/h2-3,8H,4-7H2,1H3. The lowest BCUT2D eigenvalue weighted by atomic mass is 10.1. The third-order valence-electron chi connectivity index (χ3n) is 3.60. The molecule has 1 amide bonds. The van der Waals surface area contributed by atoms with Crippen molar-refractivity contribution in [3.63, 3.8) is 0 Å². The largest absolute Gasteiger partial charge is 0.471 e. The van der Waals surface area contributed by atoms with Crippen molar-refractivity contribution in [2.45, 2.75) is 19.1 Å². The van der Waals surface area contributed by atoms with Crippen molar-refractivity contribution < 1.29 is 32.1 Å². The SMILES string of the molecule is CON(Cc1ccc(-c2noc(C(F)(F)F)n2)s1)C(=O)C1CCOC1. The van der Waals surface area contributed by atoms with Crippen LogP contribution in [-0.4, -0.2) is 41.4 Å². The molecule has 136 valence electrons. The summed E-state index contributed by atoms with van der Waals surface area (Å²) in [6, 6.07) is 3.25. The third-order valence-corrected chi connectivity index (χ3v) is 4.66. The maximum atomic E-state index is 12.5. The van der Waals surface area contributed by atoms with E-state index in [9.17, 15) is 18.0 Å². The molecule has 1 saturated heterocycles. The van der Waals surface area contributed by atoms with Crippen LogP contribution < -0.4 is 0 Å². The third kappa shape index (κ3) is 3.99. The molecule has 1 aliphatic heterocycles. The van der Waals surface area contributed by atoms with E-state index in [1.807, 2.05) is 0 Å². The summed E-state index contributed by atoms with van der Waals surface area (Å²) in [4.78, 5) is 21.9. The number of aromatic nitrogens is 2. The number of hydroxylamine groups is 2. The number of hydrogen-bond donors (Lipinski definition) is 0. The van der Waals surface area contributed by atoms with Crippen LogP contribution in [0.15, 0.2) is 16.7 Å². The van der Waals surface area contributed by atoms with E-state index in [2.05, 4.69) is 14.7 Å². The van der Waals surface area contributed by atoms with Gasteiger partial charge in [-0.3, -0.25) is 9.63 Å². The van der Waals surface area contributed by atoms with Gasteiger partial charge < -0.3 is 9.26 Å². The Morgan fingerprint density at radius 3 is 2.88 bits per heavy atom. The number of amides is 1. The number of nitrogens with zero attached hydrogens (tertiary/aromatic N) is 3. The minimum Gasteiger partial charge on any atom is -0.381 e. The Labute approximate surface area is 144 Å². The number of carbonyl (C=O) groups excluding carboxylic acids is 1. The van der Waals surface area contributed by atoms with Gasteiger partial charge in [-0.15, -0.1) is 11.3 Å². The van der Waals surface area contributed by atoms with Gasteiger partial charge in [0.25, 0.3) is 5.91 Å². The van der Waals surface area contributed by atoms with Crippen molar-refractivity contribution in [1.29, 1.82) is 0 Å². The molecule has 0 aliphatic carbocycles. The number of hydrogen-bond acceptors (Lipinski definition) is 7. The molecule has 1 atom stereocenters. The average Bonchev–Trinajstić information content (AvgIpc) is 3.32. The van der Waals surface area contributed by atoms with E-state index >= 15 is 0 Å². The second kappa shape index (κ2) is 7.10. The molecule has 0 bridgehead atoms. The van der Waals surface area contributed by atoms with E-state index in [-0.39, 0.29) is 24.2 Å². The van der Waals surface area contributed by atoms with E-state index in [0.29, 0.717) is 29.4 Å². The molecular weight excluding hydrogens is 363 g/mol. The van der Waals surface area contributed by atoms with Crippen LogP contribution in [0.2, 0.25) is 0 Å². The molecule has 0 spiro atoms. The second-order valence-corrected chi connectivity index (χ2v) is 6.47. The minimum atomic E-state index is -4.69. The maximum absolute atomic E-state index is 12.5. The number of thiophene rings is 1. The first-order valence-electron chi connectivity index (χ1n) is 7.31. The van der Waals surface area contributed by atoms with Crippen molar-refractivity contribution in [3.8, 4) is 10.7 Å². The Kier molecular flexibility index (Phi) is 5.06. The summed E-state index contributed by atoms with van der Waals surface area (Å²) >= 11 is 1.16. The summed E-state index contributed by atoms with van der Waals surface area (Å²) in [5, 5.41) is 4.55. The summed E-state index contributed by atoms with van der Waals surface area (Å²) in [7, 11) is 1.39. The van der Waals surface area contributed by atoms with Gasteiger partial charge in [-0.2, -0.15) is 18.2 Å². The predicted molar refractivity (Wildman–Crippen MR) is 79.1 cm³/mol. The van der Waals surface area contributed by atoms with Crippen LogP contribution in [0.4, 0.5) is 13.2 Å². The van der Waals surface area contributed by atoms with E-state index in [4.69, 9.17) is 9.57 Å². The Bertz CT molecular complexity index is 740. The highest BCUT2D eigenvalue weighted by Gasteiger charge is 2.38. The number of rotatable bonds is 5. The summed E-state index contributed by atoms with van der Waals surface area (Å²) in [5.74, 6) is -1.98. The van der Waals surface area contributed by atoms with Gasteiger partial charge in [0.05, 0.1) is 31.1 Å². The second-order valence-electron chi connectivity index (χ2n) is 5.30. The van der Waals surface area contributed by atoms with Gasteiger partial charge in [0.15, 0.2) is 0 Å². The zero-order valence-electron chi connectivity index (χ0n) is 13.1. The van der Waals surface area contributed by atoms with Gasteiger partial charge in [-0.05, 0) is 18.6 Å². The average molecular weight is 377 g/mol. The number of alkyl halides is 3. The molecule has 2 aromatic rings. The molecule has 0 aromatic carbocycles. The molecule has 11 heteroatoms. The van der Waals surface area contributed by atoms with Crippen molar-refractivity contribution in [2.75, 3.05) is 20.3 Å². The normalized spacial score (nSPS) is 17.8. The van der Waals surface area contributed by atoms with Gasteiger partial charge in [-0.25, -0.2) is 5.06 Å². The van der Waals surface area contributed by atoms with Gasteiger partial charge in [0, 0.05) is 11.5 Å². The lowest BCUT2D eigenvalue weighted by molar-refractivity contribution is -0.183. The number of ether oxygens (including phenoxy) is 1. The Balaban J connectivity index is 1.70. The first-order chi connectivity index (χ1) is 11.9. The molecule has 1 unspecified atom stereocenters. The topological polar surface area (TPSA) is 77.7 Å². The van der Waals surface area contributed by atoms with Crippen molar-refractivity contribution >= 4 is 17.2 Å².